The molecular weight excluding hydrogens is 446 g/mol. The predicted octanol–water partition coefficient (Wildman–Crippen LogP) is 3.60. The van der Waals surface area contributed by atoms with Gasteiger partial charge in [0.2, 0.25) is 5.91 Å². The molecule has 0 atom stereocenters. The number of nitrogens with zero attached hydrogens (tertiary/aromatic N) is 2. The summed E-state index contributed by atoms with van der Waals surface area (Å²) in [5.74, 6) is 0.322. The summed E-state index contributed by atoms with van der Waals surface area (Å²) in [4.78, 5) is 40.8. The van der Waals surface area contributed by atoms with E-state index in [9.17, 15) is 14.4 Å². The first-order chi connectivity index (χ1) is 17.1. The lowest BCUT2D eigenvalue weighted by atomic mass is 10.1. The van der Waals surface area contributed by atoms with Crippen LogP contribution in [0.15, 0.2) is 77.4 Å². The molecule has 0 radical (unpaired) electrons. The Kier molecular flexibility index (Phi) is 8.17. The minimum absolute atomic E-state index is 0.111. The molecule has 3 amide bonds. The van der Waals surface area contributed by atoms with Crippen molar-refractivity contribution in [3.63, 3.8) is 0 Å². The van der Waals surface area contributed by atoms with E-state index in [2.05, 4.69) is 17.4 Å². The first-order valence-electron chi connectivity index (χ1n) is 11.8. The van der Waals surface area contributed by atoms with Gasteiger partial charge in [-0.05, 0) is 42.7 Å². The number of rotatable bonds is 9. The van der Waals surface area contributed by atoms with Crippen LogP contribution in [0.4, 0.5) is 5.69 Å². The van der Waals surface area contributed by atoms with Crippen molar-refractivity contribution in [1.29, 1.82) is 0 Å². The van der Waals surface area contributed by atoms with Crippen LogP contribution in [-0.4, -0.2) is 60.3 Å². The van der Waals surface area contributed by atoms with Crippen molar-refractivity contribution < 1.29 is 23.5 Å². The second-order valence-corrected chi connectivity index (χ2v) is 8.35. The van der Waals surface area contributed by atoms with Gasteiger partial charge in [-0.2, -0.15) is 0 Å². The molecule has 8 nitrogen and oxygen atoms in total. The third-order valence-electron chi connectivity index (χ3n) is 5.88. The van der Waals surface area contributed by atoms with Gasteiger partial charge in [-0.25, -0.2) is 0 Å². The largest absolute Gasteiger partial charge is 0.484 e. The average molecular weight is 476 g/mol. The second-order valence-electron chi connectivity index (χ2n) is 8.35. The van der Waals surface area contributed by atoms with Crippen LogP contribution in [-0.2, 0) is 16.0 Å². The zero-order valence-corrected chi connectivity index (χ0v) is 19.5. The maximum atomic E-state index is 12.6. The molecule has 1 aliphatic rings. The molecule has 4 rings (SSSR count). The highest BCUT2D eigenvalue weighted by molar-refractivity contribution is 6.02. The molecule has 1 fully saturated rings. The van der Waals surface area contributed by atoms with Crippen LogP contribution in [0.3, 0.4) is 0 Å². The Labute approximate surface area is 204 Å². The SMILES string of the molecule is O=C(Nc1cccc(OCC(=O)N2CCN(C(=O)CCCc3ccccc3)CC2)c1)c1ccco1. The highest BCUT2D eigenvalue weighted by atomic mass is 16.5. The van der Waals surface area contributed by atoms with Gasteiger partial charge in [0.1, 0.15) is 5.75 Å². The van der Waals surface area contributed by atoms with Crippen molar-refractivity contribution >= 4 is 23.4 Å². The number of nitrogens with one attached hydrogen (secondary N) is 1. The van der Waals surface area contributed by atoms with E-state index < -0.39 is 0 Å². The number of ether oxygens (including phenoxy) is 1. The van der Waals surface area contributed by atoms with Crippen LogP contribution >= 0.6 is 0 Å². The molecule has 182 valence electrons. The Bertz CT molecular complexity index is 1120. The number of furan rings is 1. The van der Waals surface area contributed by atoms with Gasteiger partial charge in [0.15, 0.2) is 12.4 Å². The monoisotopic (exact) mass is 475 g/mol. The average Bonchev–Trinajstić information content (AvgIpc) is 3.44. The van der Waals surface area contributed by atoms with Gasteiger partial charge in [0.05, 0.1) is 6.26 Å². The quantitative estimate of drug-likeness (QED) is 0.511. The molecular formula is C27H29N3O5. The van der Waals surface area contributed by atoms with E-state index in [1.165, 1.54) is 11.8 Å². The van der Waals surface area contributed by atoms with E-state index in [0.717, 1.165) is 12.8 Å². The van der Waals surface area contributed by atoms with E-state index in [0.29, 0.717) is 44.0 Å². The number of benzene rings is 2. The number of hydrogen-bond acceptors (Lipinski definition) is 5. The standard InChI is InChI=1S/C27H29N3O5/c31-25(13-4-9-21-7-2-1-3-8-21)29-14-16-30(17-15-29)26(32)20-35-23-11-5-10-22(19-23)28-27(33)24-12-6-18-34-24/h1-3,5-8,10-12,18-19H,4,9,13-17,20H2,(H,28,33). The molecule has 1 saturated heterocycles. The van der Waals surface area contributed by atoms with Gasteiger partial charge in [-0.3, -0.25) is 14.4 Å². The highest BCUT2D eigenvalue weighted by Crippen LogP contribution is 2.19. The lowest BCUT2D eigenvalue weighted by Gasteiger charge is -2.34. The van der Waals surface area contributed by atoms with Gasteiger partial charge in [-0.1, -0.05) is 36.4 Å². The van der Waals surface area contributed by atoms with Crippen molar-refractivity contribution in [2.75, 3.05) is 38.1 Å². The minimum atomic E-state index is -0.365. The van der Waals surface area contributed by atoms with Crippen LogP contribution in [0.1, 0.15) is 29.0 Å². The number of carbonyl (C=O) groups excluding carboxylic acids is 3. The number of aryl methyl sites for hydroxylation is 1. The van der Waals surface area contributed by atoms with E-state index in [4.69, 9.17) is 9.15 Å². The van der Waals surface area contributed by atoms with Crippen molar-refractivity contribution in [2.45, 2.75) is 19.3 Å². The summed E-state index contributed by atoms with van der Waals surface area (Å²) in [6, 6.07) is 20.2. The van der Waals surface area contributed by atoms with Gasteiger partial charge in [0, 0.05) is 44.4 Å². The van der Waals surface area contributed by atoms with Gasteiger partial charge in [-0.15, -0.1) is 0 Å². The zero-order valence-electron chi connectivity index (χ0n) is 19.5. The number of piperazine rings is 1. The van der Waals surface area contributed by atoms with Gasteiger partial charge < -0.3 is 24.3 Å². The first kappa shape index (κ1) is 24.1. The molecule has 0 aliphatic carbocycles. The molecule has 0 spiro atoms. The fraction of sp³-hybridized carbons (Fsp3) is 0.296. The molecule has 1 aromatic heterocycles. The predicted molar refractivity (Wildman–Crippen MR) is 131 cm³/mol. The zero-order chi connectivity index (χ0) is 24.5. The highest BCUT2D eigenvalue weighted by Gasteiger charge is 2.24. The lowest BCUT2D eigenvalue weighted by Crippen LogP contribution is -2.51. The lowest BCUT2D eigenvalue weighted by molar-refractivity contribution is -0.140. The molecule has 0 unspecified atom stereocenters. The van der Waals surface area contributed by atoms with E-state index in [-0.39, 0.29) is 30.1 Å². The van der Waals surface area contributed by atoms with Crippen molar-refractivity contribution in [2.24, 2.45) is 0 Å². The molecule has 0 bridgehead atoms. The van der Waals surface area contributed by atoms with E-state index >= 15 is 0 Å². The molecule has 3 aromatic rings. The molecule has 0 saturated carbocycles. The number of anilines is 1. The fourth-order valence-electron chi connectivity index (χ4n) is 3.95. The Morgan fingerprint density at radius 2 is 1.60 bits per heavy atom. The maximum Gasteiger partial charge on any atom is 0.291 e. The van der Waals surface area contributed by atoms with Crippen molar-refractivity contribution in [3.8, 4) is 5.75 Å². The summed E-state index contributed by atoms with van der Waals surface area (Å²) in [6.07, 6.45) is 3.65. The van der Waals surface area contributed by atoms with Crippen LogP contribution in [0.25, 0.3) is 0 Å². The molecule has 1 N–H and O–H groups in total. The summed E-state index contributed by atoms with van der Waals surface area (Å²) < 4.78 is 10.7. The Balaban J connectivity index is 1.17. The smallest absolute Gasteiger partial charge is 0.291 e. The Hall–Kier alpha value is -4.07. The summed E-state index contributed by atoms with van der Waals surface area (Å²) in [5.41, 5.74) is 1.77. The van der Waals surface area contributed by atoms with Crippen LogP contribution in [0.5, 0.6) is 5.75 Å². The molecule has 1 aliphatic heterocycles. The Morgan fingerprint density at radius 1 is 0.857 bits per heavy atom. The van der Waals surface area contributed by atoms with Gasteiger partial charge >= 0.3 is 0 Å². The first-order valence-corrected chi connectivity index (χ1v) is 11.8. The fourth-order valence-corrected chi connectivity index (χ4v) is 3.95. The molecule has 8 heteroatoms. The minimum Gasteiger partial charge on any atom is -0.484 e. The second kappa shape index (κ2) is 11.9. The van der Waals surface area contributed by atoms with E-state index in [1.54, 1.807) is 41.3 Å². The van der Waals surface area contributed by atoms with Crippen LogP contribution in [0.2, 0.25) is 0 Å². The van der Waals surface area contributed by atoms with Crippen molar-refractivity contribution in [3.05, 3.63) is 84.3 Å². The molecule has 2 heterocycles. The normalized spacial score (nSPS) is 13.4. The Morgan fingerprint density at radius 3 is 2.31 bits per heavy atom. The topological polar surface area (TPSA) is 92.1 Å². The van der Waals surface area contributed by atoms with E-state index in [1.807, 2.05) is 23.1 Å². The third-order valence-corrected chi connectivity index (χ3v) is 5.88. The number of amides is 3. The van der Waals surface area contributed by atoms with Crippen molar-refractivity contribution in [1.82, 2.24) is 9.80 Å². The number of carbonyl (C=O) groups is 3. The summed E-state index contributed by atoms with van der Waals surface area (Å²) in [5, 5.41) is 2.73. The summed E-state index contributed by atoms with van der Waals surface area (Å²) in [7, 11) is 0. The van der Waals surface area contributed by atoms with Crippen LogP contribution in [0, 0.1) is 0 Å². The third kappa shape index (κ3) is 6.96. The molecule has 35 heavy (non-hydrogen) atoms. The number of hydrogen-bond donors (Lipinski definition) is 1. The van der Waals surface area contributed by atoms with Crippen LogP contribution < -0.4 is 10.1 Å². The maximum absolute atomic E-state index is 12.6. The molecule has 2 aromatic carbocycles. The van der Waals surface area contributed by atoms with Gasteiger partial charge in [0.25, 0.3) is 11.8 Å². The summed E-state index contributed by atoms with van der Waals surface area (Å²) in [6.45, 7) is 1.94. The summed E-state index contributed by atoms with van der Waals surface area (Å²) >= 11 is 0.